The largest absolute Gasteiger partial charge is 0.345 e. The first-order valence-electron chi connectivity index (χ1n) is 8.56. The molecule has 1 aliphatic heterocycles. The first kappa shape index (κ1) is 18.7. The summed E-state index contributed by atoms with van der Waals surface area (Å²) in [5, 5.41) is 4.03. The fourth-order valence-corrected chi connectivity index (χ4v) is 3.69. The Hall–Kier alpha value is -2.04. The minimum Gasteiger partial charge on any atom is -0.345 e. The molecule has 2 aromatic rings. The van der Waals surface area contributed by atoms with Gasteiger partial charge < -0.3 is 10.2 Å². The molecule has 0 saturated carbocycles. The van der Waals surface area contributed by atoms with E-state index in [0.29, 0.717) is 28.6 Å². The molecule has 1 heterocycles. The third-order valence-corrected chi connectivity index (χ3v) is 5.07. The van der Waals surface area contributed by atoms with Gasteiger partial charge in [0.1, 0.15) is 0 Å². The van der Waals surface area contributed by atoms with Crippen LogP contribution in [0, 0.1) is 0 Å². The van der Waals surface area contributed by atoms with Crippen molar-refractivity contribution in [1.29, 1.82) is 0 Å². The van der Waals surface area contributed by atoms with Crippen molar-refractivity contribution in [2.24, 2.45) is 0 Å². The van der Waals surface area contributed by atoms with E-state index in [9.17, 15) is 9.59 Å². The molecule has 6 heteroatoms. The Balaban J connectivity index is 1.69. The molecule has 4 nitrogen and oxygen atoms in total. The molecule has 2 aromatic carbocycles. The Morgan fingerprint density at radius 3 is 2.73 bits per heavy atom. The number of benzene rings is 2. The van der Waals surface area contributed by atoms with Crippen LogP contribution in [0.1, 0.15) is 47.3 Å². The summed E-state index contributed by atoms with van der Waals surface area (Å²) in [5.74, 6) is -0.0102. The quantitative estimate of drug-likeness (QED) is 0.810. The molecular formula is C20H20Cl2N2O2. The van der Waals surface area contributed by atoms with Crippen LogP contribution in [-0.4, -0.2) is 23.3 Å². The van der Waals surface area contributed by atoms with Gasteiger partial charge in [-0.25, -0.2) is 0 Å². The van der Waals surface area contributed by atoms with Gasteiger partial charge in [0, 0.05) is 35.1 Å². The molecule has 0 bridgehead atoms. The van der Waals surface area contributed by atoms with E-state index in [4.69, 9.17) is 23.2 Å². The highest BCUT2D eigenvalue weighted by molar-refractivity contribution is 6.35. The van der Waals surface area contributed by atoms with Gasteiger partial charge in [0.25, 0.3) is 5.91 Å². The fraction of sp³-hybridized carbons (Fsp3) is 0.300. The average Bonchev–Trinajstić information content (AvgIpc) is 2.99. The highest BCUT2D eigenvalue weighted by atomic mass is 35.5. The van der Waals surface area contributed by atoms with Crippen LogP contribution in [0.15, 0.2) is 42.5 Å². The van der Waals surface area contributed by atoms with Crippen molar-refractivity contribution in [3.8, 4) is 0 Å². The topological polar surface area (TPSA) is 49.4 Å². The summed E-state index contributed by atoms with van der Waals surface area (Å²) >= 11 is 12.1. The van der Waals surface area contributed by atoms with Crippen molar-refractivity contribution in [2.45, 2.75) is 32.4 Å². The number of nitrogens with one attached hydrogen (secondary N) is 1. The maximum Gasteiger partial charge on any atom is 0.251 e. The van der Waals surface area contributed by atoms with Crippen molar-refractivity contribution in [1.82, 2.24) is 10.2 Å². The number of rotatable bonds is 5. The van der Waals surface area contributed by atoms with Gasteiger partial charge in [-0.3, -0.25) is 9.59 Å². The number of likely N-dealkylation sites (tertiary alicyclic amines) is 1. The first-order chi connectivity index (χ1) is 12.4. The Morgan fingerprint density at radius 2 is 2.04 bits per heavy atom. The third kappa shape index (κ3) is 4.37. The maximum atomic E-state index is 12.6. The van der Waals surface area contributed by atoms with Gasteiger partial charge in [0.2, 0.25) is 5.91 Å². The molecule has 2 amide bonds. The molecule has 0 unspecified atom stereocenters. The van der Waals surface area contributed by atoms with E-state index < -0.39 is 0 Å². The molecule has 3 rings (SSSR count). The van der Waals surface area contributed by atoms with Crippen molar-refractivity contribution in [3.63, 3.8) is 0 Å². The Bertz CT molecular complexity index is 838. The van der Waals surface area contributed by atoms with Gasteiger partial charge in [0.05, 0.1) is 6.04 Å². The SMILES string of the molecule is C[C@@H](NC(=O)c1cccc(CN2CCCC2=O)c1)c1ccc(Cl)cc1Cl. The van der Waals surface area contributed by atoms with Gasteiger partial charge in [-0.15, -0.1) is 0 Å². The monoisotopic (exact) mass is 390 g/mol. The number of carbonyl (C=O) groups is 2. The zero-order chi connectivity index (χ0) is 18.7. The van der Waals surface area contributed by atoms with Crippen LogP contribution in [-0.2, 0) is 11.3 Å². The molecule has 1 saturated heterocycles. The van der Waals surface area contributed by atoms with E-state index in [1.54, 1.807) is 18.2 Å². The lowest BCUT2D eigenvalue weighted by Gasteiger charge is -2.18. The zero-order valence-electron chi connectivity index (χ0n) is 14.5. The Morgan fingerprint density at radius 1 is 1.23 bits per heavy atom. The predicted molar refractivity (Wildman–Crippen MR) is 103 cm³/mol. The van der Waals surface area contributed by atoms with Gasteiger partial charge in [-0.2, -0.15) is 0 Å². The molecule has 1 fully saturated rings. The summed E-state index contributed by atoms with van der Waals surface area (Å²) in [6.07, 6.45) is 1.51. The molecule has 1 aliphatic rings. The Labute approximate surface area is 163 Å². The average molecular weight is 391 g/mol. The summed E-state index contributed by atoms with van der Waals surface area (Å²) in [4.78, 5) is 26.2. The van der Waals surface area contributed by atoms with Crippen LogP contribution in [0.25, 0.3) is 0 Å². The molecule has 1 N–H and O–H groups in total. The lowest BCUT2D eigenvalue weighted by Crippen LogP contribution is -2.27. The molecule has 136 valence electrons. The standard InChI is InChI=1S/C20H20Cl2N2O2/c1-13(17-8-7-16(21)11-18(17)22)23-20(26)15-5-2-4-14(10-15)12-24-9-3-6-19(24)25/h2,4-5,7-8,10-11,13H,3,6,9,12H2,1H3,(H,23,26)/t13-/m1/s1. The smallest absolute Gasteiger partial charge is 0.251 e. The molecule has 0 aromatic heterocycles. The summed E-state index contributed by atoms with van der Waals surface area (Å²) < 4.78 is 0. The maximum absolute atomic E-state index is 12.6. The second-order valence-corrected chi connectivity index (χ2v) is 7.32. The molecule has 0 aliphatic carbocycles. The van der Waals surface area contributed by atoms with E-state index in [1.165, 1.54) is 0 Å². The normalized spacial score (nSPS) is 15.2. The van der Waals surface area contributed by atoms with Crippen LogP contribution in [0.2, 0.25) is 10.0 Å². The predicted octanol–water partition coefficient (Wildman–Crippen LogP) is 4.61. The summed E-state index contributed by atoms with van der Waals surface area (Å²) in [5.41, 5.74) is 2.32. The first-order valence-corrected chi connectivity index (χ1v) is 9.32. The number of hydrogen-bond acceptors (Lipinski definition) is 2. The van der Waals surface area contributed by atoms with E-state index >= 15 is 0 Å². The molecule has 1 atom stereocenters. The lowest BCUT2D eigenvalue weighted by atomic mass is 10.1. The Kier molecular flexibility index (Phi) is 5.84. The second-order valence-electron chi connectivity index (χ2n) is 6.48. The number of hydrogen-bond donors (Lipinski definition) is 1. The lowest BCUT2D eigenvalue weighted by molar-refractivity contribution is -0.128. The van der Waals surface area contributed by atoms with Crippen molar-refractivity contribution in [3.05, 3.63) is 69.2 Å². The minimum atomic E-state index is -0.254. The van der Waals surface area contributed by atoms with E-state index in [0.717, 1.165) is 24.1 Å². The molecular weight excluding hydrogens is 371 g/mol. The number of carbonyl (C=O) groups excluding carboxylic acids is 2. The summed E-state index contributed by atoms with van der Waals surface area (Å²) in [7, 11) is 0. The minimum absolute atomic E-state index is 0.172. The molecule has 0 radical (unpaired) electrons. The number of amides is 2. The summed E-state index contributed by atoms with van der Waals surface area (Å²) in [6, 6.07) is 12.3. The zero-order valence-corrected chi connectivity index (χ0v) is 16.0. The van der Waals surface area contributed by atoms with Crippen LogP contribution < -0.4 is 5.32 Å². The van der Waals surface area contributed by atoms with E-state index in [-0.39, 0.29) is 17.9 Å². The van der Waals surface area contributed by atoms with Crippen molar-refractivity contribution >= 4 is 35.0 Å². The van der Waals surface area contributed by atoms with Gasteiger partial charge in [-0.05, 0) is 48.7 Å². The molecule has 0 spiro atoms. The van der Waals surface area contributed by atoms with Crippen LogP contribution in [0.4, 0.5) is 0 Å². The number of nitrogens with zero attached hydrogens (tertiary/aromatic N) is 1. The van der Waals surface area contributed by atoms with Gasteiger partial charge in [-0.1, -0.05) is 41.4 Å². The van der Waals surface area contributed by atoms with Crippen LogP contribution in [0.5, 0.6) is 0 Å². The number of halogens is 2. The second kappa shape index (κ2) is 8.11. The highest BCUT2D eigenvalue weighted by Gasteiger charge is 2.20. The van der Waals surface area contributed by atoms with Crippen LogP contribution in [0.3, 0.4) is 0 Å². The van der Waals surface area contributed by atoms with E-state index in [2.05, 4.69) is 5.32 Å². The van der Waals surface area contributed by atoms with Crippen molar-refractivity contribution in [2.75, 3.05) is 6.54 Å². The van der Waals surface area contributed by atoms with Crippen molar-refractivity contribution < 1.29 is 9.59 Å². The molecule has 26 heavy (non-hydrogen) atoms. The highest BCUT2D eigenvalue weighted by Crippen LogP contribution is 2.26. The van der Waals surface area contributed by atoms with Gasteiger partial charge in [0.15, 0.2) is 0 Å². The fourth-order valence-electron chi connectivity index (χ4n) is 3.11. The van der Waals surface area contributed by atoms with Gasteiger partial charge >= 0.3 is 0 Å². The third-order valence-electron chi connectivity index (χ3n) is 4.51. The van der Waals surface area contributed by atoms with E-state index in [1.807, 2.05) is 36.1 Å². The van der Waals surface area contributed by atoms with Crippen LogP contribution >= 0.6 is 23.2 Å². The summed E-state index contributed by atoms with van der Waals surface area (Å²) in [6.45, 7) is 3.19.